The zero-order chi connectivity index (χ0) is 46.8. The highest BCUT2D eigenvalue weighted by Crippen LogP contribution is 2.55. The van der Waals surface area contributed by atoms with Gasteiger partial charge in [0, 0.05) is 16.2 Å². The topological polar surface area (TPSA) is 0 Å². The van der Waals surface area contributed by atoms with E-state index in [9.17, 15) is 0 Å². The van der Waals surface area contributed by atoms with E-state index < -0.39 is 0 Å². The van der Waals surface area contributed by atoms with Crippen LogP contribution in [0.4, 0.5) is 0 Å². The zero-order valence-corrected chi connectivity index (χ0v) is 40.3. The van der Waals surface area contributed by atoms with E-state index in [-0.39, 0.29) is 16.2 Å². The first-order chi connectivity index (χ1) is 33.4. The quantitative estimate of drug-likeness (QED) is 0.156. The molecule has 0 unspecified atom stereocenters. The van der Waals surface area contributed by atoms with Crippen LogP contribution in [0.15, 0.2) is 218 Å². The molecule has 69 heavy (non-hydrogen) atoms. The van der Waals surface area contributed by atoms with Crippen molar-refractivity contribution in [1.29, 1.82) is 0 Å². The fourth-order valence-corrected chi connectivity index (χ4v) is 12.3. The Morgan fingerprint density at radius 1 is 0.174 bits per heavy atom. The summed E-state index contributed by atoms with van der Waals surface area (Å²) in [6.07, 6.45) is 0. The van der Waals surface area contributed by atoms with E-state index in [1.165, 1.54) is 134 Å². The van der Waals surface area contributed by atoms with Crippen molar-refractivity contribution in [2.75, 3.05) is 0 Å². The van der Waals surface area contributed by atoms with E-state index in [1.54, 1.807) is 0 Å². The molecule has 0 heteroatoms. The molecule has 0 aliphatic heterocycles. The minimum absolute atomic E-state index is 0.135. The molecule has 3 aliphatic rings. The second-order valence-electron chi connectivity index (χ2n) is 21.3. The second-order valence-corrected chi connectivity index (χ2v) is 21.3. The summed E-state index contributed by atoms with van der Waals surface area (Å²) in [7, 11) is 0. The minimum Gasteiger partial charge on any atom is -0.0622 e. The largest absolute Gasteiger partial charge is 0.0622 e. The van der Waals surface area contributed by atoms with Crippen molar-refractivity contribution >= 4 is 0 Å². The SMILES string of the molecule is CC1(C)c2cc(-c3cccc(-c4ccccc4)c3)ccc2-c2ccc(-c3ccc4c(c3)C(C)(C)c3cc(-c5ccc6c(c5)C(C)(C)c5cc(-c7cccc(-c8ccccc8)c7)ccc5-6)ccc3-4)cc21. The maximum absolute atomic E-state index is 2.48. The number of rotatable bonds is 6. The van der Waals surface area contributed by atoms with Crippen LogP contribution in [-0.4, -0.2) is 0 Å². The summed E-state index contributed by atoms with van der Waals surface area (Å²) in [5, 5.41) is 0. The van der Waals surface area contributed by atoms with Crippen LogP contribution < -0.4 is 0 Å². The van der Waals surface area contributed by atoms with Crippen molar-refractivity contribution in [3.63, 3.8) is 0 Å². The molecule has 0 saturated carbocycles. The number of benzene rings is 10. The average Bonchev–Trinajstić information content (AvgIpc) is 3.87. The smallest absolute Gasteiger partial charge is 0.0159 e. The predicted molar refractivity (Wildman–Crippen MR) is 292 cm³/mol. The highest BCUT2D eigenvalue weighted by molar-refractivity contribution is 5.91. The van der Waals surface area contributed by atoms with Crippen LogP contribution in [0.2, 0.25) is 0 Å². The Morgan fingerprint density at radius 3 is 0.594 bits per heavy atom. The zero-order valence-electron chi connectivity index (χ0n) is 40.3. The van der Waals surface area contributed by atoms with Crippen molar-refractivity contribution < 1.29 is 0 Å². The van der Waals surface area contributed by atoms with Crippen LogP contribution >= 0.6 is 0 Å². The van der Waals surface area contributed by atoms with Gasteiger partial charge < -0.3 is 0 Å². The predicted octanol–water partition coefficient (Wildman–Crippen LogP) is 18.6. The van der Waals surface area contributed by atoms with Gasteiger partial charge in [0.15, 0.2) is 0 Å². The molecule has 0 amide bonds. The third kappa shape index (κ3) is 6.42. The number of fused-ring (bicyclic) bond motifs is 9. The molecule has 0 aromatic heterocycles. The Kier molecular flexibility index (Phi) is 9.06. The van der Waals surface area contributed by atoms with Gasteiger partial charge in [-0.2, -0.15) is 0 Å². The van der Waals surface area contributed by atoms with Gasteiger partial charge in [0.2, 0.25) is 0 Å². The summed E-state index contributed by atoms with van der Waals surface area (Å²) < 4.78 is 0. The van der Waals surface area contributed by atoms with Crippen LogP contribution in [0.25, 0.3) is 100 Å². The molecule has 13 rings (SSSR count). The molecule has 330 valence electrons. The van der Waals surface area contributed by atoms with Crippen molar-refractivity contribution in [3.8, 4) is 100 Å². The fraction of sp³-hybridized carbons (Fsp3) is 0.130. The van der Waals surface area contributed by atoms with E-state index in [2.05, 4.69) is 260 Å². The molecule has 0 heterocycles. The molecular formula is C69H54. The highest BCUT2D eigenvalue weighted by Gasteiger charge is 2.39. The summed E-state index contributed by atoms with van der Waals surface area (Å²) >= 11 is 0. The molecule has 10 aromatic rings. The Labute approximate surface area is 407 Å². The van der Waals surface area contributed by atoms with Crippen molar-refractivity contribution in [2.24, 2.45) is 0 Å². The number of hydrogen-bond acceptors (Lipinski definition) is 0. The molecular weight excluding hydrogens is 829 g/mol. The van der Waals surface area contributed by atoms with Gasteiger partial charge in [-0.25, -0.2) is 0 Å². The van der Waals surface area contributed by atoms with Gasteiger partial charge in [-0.3, -0.25) is 0 Å². The molecule has 0 fully saturated rings. The van der Waals surface area contributed by atoms with E-state index in [1.807, 2.05) is 0 Å². The Hall–Kier alpha value is -7.80. The van der Waals surface area contributed by atoms with Gasteiger partial charge in [0.25, 0.3) is 0 Å². The first-order valence-electron chi connectivity index (χ1n) is 24.6. The van der Waals surface area contributed by atoms with Crippen LogP contribution in [-0.2, 0) is 16.2 Å². The summed E-state index contributed by atoms with van der Waals surface area (Å²) in [5.74, 6) is 0. The molecule has 0 spiro atoms. The molecule has 0 nitrogen and oxygen atoms in total. The lowest BCUT2D eigenvalue weighted by Crippen LogP contribution is -2.16. The van der Waals surface area contributed by atoms with Gasteiger partial charge in [-0.1, -0.05) is 211 Å². The van der Waals surface area contributed by atoms with Crippen LogP contribution in [0, 0.1) is 0 Å². The van der Waals surface area contributed by atoms with Gasteiger partial charge in [0.1, 0.15) is 0 Å². The van der Waals surface area contributed by atoms with Gasteiger partial charge in [0.05, 0.1) is 0 Å². The van der Waals surface area contributed by atoms with Crippen LogP contribution in [0.3, 0.4) is 0 Å². The molecule has 0 radical (unpaired) electrons. The van der Waals surface area contributed by atoms with Gasteiger partial charge >= 0.3 is 0 Å². The Bertz CT molecular complexity index is 3480. The normalized spacial score (nSPS) is 14.9. The Balaban J connectivity index is 0.784. The molecule has 0 saturated heterocycles. The summed E-state index contributed by atoms with van der Waals surface area (Å²) in [5.41, 5.74) is 31.1. The Morgan fingerprint density at radius 2 is 0.362 bits per heavy atom. The first kappa shape index (κ1) is 41.4. The molecule has 0 atom stereocenters. The molecule has 10 aromatic carbocycles. The molecule has 3 aliphatic carbocycles. The third-order valence-electron chi connectivity index (χ3n) is 16.3. The van der Waals surface area contributed by atoms with E-state index in [4.69, 9.17) is 0 Å². The van der Waals surface area contributed by atoms with E-state index in [0.717, 1.165) is 0 Å². The van der Waals surface area contributed by atoms with Crippen molar-refractivity contribution in [3.05, 3.63) is 252 Å². The average molecular weight is 883 g/mol. The van der Waals surface area contributed by atoms with Gasteiger partial charge in [-0.05, 0) is 182 Å². The lowest BCUT2D eigenvalue weighted by Gasteiger charge is -2.24. The summed E-state index contributed by atoms with van der Waals surface area (Å²) in [6, 6.07) is 82.2. The monoisotopic (exact) mass is 882 g/mol. The third-order valence-corrected chi connectivity index (χ3v) is 16.3. The minimum atomic E-state index is -0.155. The van der Waals surface area contributed by atoms with Crippen molar-refractivity contribution in [2.45, 2.75) is 57.8 Å². The first-order valence-corrected chi connectivity index (χ1v) is 24.6. The van der Waals surface area contributed by atoms with Crippen LogP contribution in [0.5, 0.6) is 0 Å². The lowest BCUT2D eigenvalue weighted by molar-refractivity contribution is 0.659. The van der Waals surface area contributed by atoms with E-state index in [0.29, 0.717) is 0 Å². The second kappa shape index (κ2) is 15.1. The fourth-order valence-electron chi connectivity index (χ4n) is 12.3. The standard InChI is InChI=1S/C69H54/c1-67(2)61-37-49(47-21-13-19-45(35-47)43-15-9-7-10-16-43)23-29-55(61)57-31-25-51(39-63(57)67)53-27-33-59-60-34-28-54(42-66(60)69(5,6)65(59)41-53)52-26-32-58-56-30-24-50(38-62(56)68(3,4)64(58)40-52)48-22-14-20-46(36-48)44-17-11-8-12-18-44/h7-42H,1-6H3. The van der Waals surface area contributed by atoms with Gasteiger partial charge in [-0.15, -0.1) is 0 Å². The van der Waals surface area contributed by atoms with E-state index >= 15 is 0 Å². The summed E-state index contributed by atoms with van der Waals surface area (Å²) in [4.78, 5) is 0. The maximum Gasteiger partial charge on any atom is 0.0159 e. The molecule has 0 bridgehead atoms. The lowest BCUT2D eigenvalue weighted by atomic mass is 9.79. The summed E-state index contributed by atoms with van der Waals surface area (Å²) in [6.45, 7) is 14.4. The van der Waals surface area contributed by atoms with Crippen LogP contribution in [0.1, 0.15) is 74.9 Å². The maximum atomic E-state index is 2.48. The highest BCUT2D eigenvalue weighted by atomic mass is 14.4. The molecule has 0 N–H and O–H groups in total. The van der Waals surface area contributed by atoms with Crippen molar-refractivity contribution in [1.82, 2.24) is 0 Å². The number of hydrogen-bond donors (Lipinski definition) is 0.